The predicted octanol–water partition coefficient (Wildman–Crippen LogP) is 10.9. The third kappa shape index (κ3) is 7.67. The third-order valence-electron chi connectivity index (χ3n) is 7.75. The van der Waals surface area contributed by atoms with Crippen LogP contribution in [-0.2, 0) is 9.59 Å². The van der Waals surface area contributed by atoms with E-state index in [1.165, 1.54) is 0 Å². The van der Waals surface area contributed by atoms with Crippen molar-refractivity contribution in [2.24, 2.45) is 0 Å². The van der Waals surface area contributed by atoms with Gasteiger partial charge in [-0.25, -0.2) is 9.59 Å². The lowest BCUT2D eigenvalue weighted by molar-refractivity contribution is -0.130. The first-order chi connectivity index (χ1) is 23.9. The highest BCUT2D eigenvalue weighted by molar-refractivity contribution is 5.89. The molecule has 0 bridgehead atoms. The first-order valence-corrected chi connectivity index (χ1v) is 15.7. The molecule has 6 aromatic rings. The molecular weight excluding hydrogens is 608 g/mol. The molecule has 0 aliphatic carbocycles. The summed E-state index contributed by atoms with van der Waals surface area (Å²) in [6.07, 6.45) is 1.13. The Morgan fingerprint density at radius 3 is 1.16 bits per heavy atom. The average molecular weight is 643 g/mol. The second kappa shape index (κ2) is 14.8. The highest BCUT2D eigenvalue weighted by atomic mass is 16.5. The molecule has 49 heavy (non-hydrogen) atoms. The second-order valence-electron chi connectivity index (χ2n) is 11.2. The van der Waals surface area contributed by atoms with E-state index in [0.717, 1.165) is 51.3 Å². The molecule has 0 saturated heterocycles. The van der Waals surface area contributed by atoms with Crippen LogP contribution in [0.4, 0.5) is 34.1 Å². The van der Waals surface area contributed by atoms with E-state index < -0.39 is 11.9 Å². The summed E-state index contributed by atoms with van der Waals surface area (Å²) in [5, 5.41) is 0. The maximum absolute atomic E-state index is 12.1. The molecule has 0 N–H and O–H groups in total. The molecule has 6 nitrogen and oxygen atoms in total. The number of ether oxygens (including phenoxy) is 2. The van der Waals surface area contributed by atoms with Crippen LogP contribution in [-0.4, -0.2) is 11.9 Å². The van der Waals surface area contributed by atoms with E-state index in [1.807, 2.05) is 60.7 Å². The van der Waals surface area contributed by atoms with Crippen molar-refractivity contribution in [3.63, 3.8) is 0 Å². The molecule has 6 aromatic carbocycles. The molecule has 0 aliphatic rings. The highest BCUT2D eigenvalue weighted by Gasteiger charge is 2.16. The van der Waals surface area contributed by atoms with Gasteiger partial charge in [0, 0.05) is 45.8 Å². The number of carbonyl (C=O) groups is 2. The number of benzene rings is 6. The van der Waals surface area contributed by atoms with Crippen molar-refractivity contribution in [3.05, 3.63) is 183 Å². The van der Waals surface area contributed by atoms with E-state index in [-0.39, 0.29) is 0 Å². The maximum Gasteiger partial charge on any atom is 0.338 e. The van der Waals surface area contributed by atoms with Gasteiger partial charge in [0.1, 0.15) is 11.5 Å². The van der Waals surface area contributed by atoms with Crippen LogP contribution in [0.2, 0.25) is 0 Å². The summed E-state index contributed by atoms with van der Waals surface area (Å²) in [5.41, 5.74) is 8.27. The lowest BCUT2D eigenvalue weighted by Gasteiger charge is -2.26. The molecule has 0 atom stereocenters. The van der Waals surface area contributed by atoms with Gasteiger partial charge < -0.3 is 19.3 Å². The number of para-hydroxylation sites is 2. The molecule has 0 radical (unpaired) electrons. The van der Waals surface area contributed by atoms with Gasteiger partial charge in [0.25, 0.3) is 0 Å². The van der Waals surface area contributed by atoms with Gasteiger partial charge in [-0.15, -0.1) is 0 Å². The van der Waals surface area contributed by atoms with Crippen LogP contribution in [0, 0.1) is 0 Å². The molecule has 0 unspecified atom stereocenters. The Morgan fingerprint density at radius 1 is 0.490 bits per heavy atom. The van der Waals surface area contributed by atoms with Gasteiger partial charge in [0.15, 0.2) is 0 Å². The highest BCUT2D eigenvalue weighted by Crippen LogP contribution is 2.38. The van der Waals surface area contributed by atoms with Crippen molar-refractivity contribution in [3.8, 4) is 22.6 Å². The minimum atomic E-state index is -0.527. The molecule has 0 saturated carbocycles. The van der Waals surface area contributed by atoms with Crippen LogP contribution in [0.5, 0.6) is 11.5 Å². The molecule has 6 heteroatoms. The van der Waals surface area contributed by atoms with Gasteiger partial charge in [0.2, 0.25) is 0 Å². The lowest BCUT2D eigenvalue weighted by Crippen LogP contribution is -2.11. The predicted molar refractivity (Wildman–Crippen MR) is 198 cm³/mol. The molecule has 0 amide bonds. The van der Waals surface area contributed by atoms with Crippen LogP contribution in [0.15, 0.2) is 183 Å². The van der Waals surface area contributed by atoms with Crippen molar-refractivity contribution in [2.45, 2.75) is 6.92 Å². The SMILES string of the molecule is C=CC(=O)Oc1ccc(N(c2ccc(OC(=O)C(=C)C)cc2)c2ccc(-c3ccc(N(c4ccccc4)c4ccccc4)cc3)cc2)cc1. The normalized spacial score (nSPS) is 10.5. The monoisotopic (exact) mass is 642 g/mol. The van der Waals surface area contributed by atoms with Crippen molar-refractivity contribution < 1.29 is 19.1 Å². The lowest BCUT2D eigenvalue weighted by atomic mass is 10.0. The molecule has 6 rings (SSSR count). The summed E-state index contributed by atoms with van der Waals surface area (Å²) < 4.78 is 10.7. The third-order valence-corrected chi connectivity index (χ3v) is 7.75. The van der Waals surface area contributed by atoms with Gasteiger partial charge in [-0.3, -0.25) is 0 Å². The number of nitrogens with zero attached hydrogens (tertiary/aromatic N) is 2. The number of hydrogen-bond donors (Lipinski definition) is 0. The van der Waals surface area contributed by atoms with E-state index in [2.05, 4.69) is 95.8 Å². The molecule has 240 valence electrons. The minimum absolute atomic E-state index is 0.322. The van der Waals surface area contributed by atoms with Gasteiger partial charge in [-0.1, -0.05) is 73.8 Å². The Labute approximate surface area is 286 Å². The topological polar surface area (TPSA) is 59.1 Å². The van der Waals surface area contributed by atoms with E-state index in [1.54, 1.807) is 31.2 Å². The zero-order valence-electron chi connectivity index (χ0n) is 27.0. The average Bonchev–Trinajstić information content (AvgIpc) is 3.14. The van der Waals surface area contributed by atoms with Gasteiger partial charge in [-0.05, 0) is 115 Å². The molecule has 0 aliphatic heterocycles. The molecule has 0 spiro atoms. The number of hydrogen-bond acceptors (Lipinski definition) is 6. The second-order valence-corrected chi connectivity index (χ2v) is 11.2. The number of rotatable bonds is 11. The van der Waals surface area contributed by atoms with Crippen LogP contribution in [0.1, 0.15) is 6.92 Å². The Bertz CT molecular complexity index is 2020. The van der Waals surface area contributed by atoms with Crippen molar-refractivity contribution in [1.82, 2.24) is 0 Å². The first kappa shape index (κ1) is 32.3. The van der Waals surface area contributed by atoms with Crippen LogP contribution < -0.4 is 19.3 Å². The Hall–Kier alpha value is -6.66. The van der Waals surface area contributed by atoms with Crippen LogP contribution in [0.25, 0.3) is 11.1 Å². The fourth-order valence-corrected chi connectivity index (χ4v) is 5.33. The fourth-order valence-electron chi connectivity index (χ4n) is 5.33. The summed E-state index contributed by atoms with van der Waals surface area (Å²) in [7, 11) is 0. The Morgan fingerprint density at radius 2 is 0.816 bits per heavy atom. The molecular formula is C43H34N2O4. The zero-order chi connectivity index (χ0) is 34.2. The van der Waals surface area contributed by atoms with E-state index in [9.17, 15) is 9.59 Å². The van der Waals surface area contributed by atoms with Crippen molar-refractivity contribution in [1.29, 1.82) is 0 Å². The standard InChI is InChI=1S/C43H34N2O4/c1-4-42(46)48-40-27-23-38(24-28-40)45(39-25-29-41(30-26-39)49-43(47)31(2)3)37-21-17-33(18-22-37)32-15-19-36(20-16-32)44(34-11-7-5-8-12-34)35-13-9-6-10-14-35/h4-30H,1-2H2,3H3. The largest absolute Gasteiger partial charge is 0.423 e. The van der Waals surface area contributed by atoms with Crippen molar-refractivity contribution >= 4 is 46.1 Å². The minimum Gasteiger partial charge on any atom is -0.423 e. The summed E-state index contributed by atoms with van der Waals surface area (Å²) >= 11 is 0. The fraction of sp³-hybridized carbons (Fsp3) is 0.0233. The van der Waals surface area contributed by atoms with Gasteiger partial charge >= 0.3 is 11.9 Å². The van der Waals surface area contributed by atoms with Crippen LogP contribution >= 0.6 is 0 Å². The number of carbonyl (C=O) groups excluding carboxylic acids is 2. The first-order valence-electron chi connectivity index (χ1n) is 15.7. The number of esters is 2. The van der Waals surface area contributed by atoms with E-state index in [0.29, 0.717) is 17.1 Å². The Kier molecular flexibility index (Phi) is 9.78. The van der Waals surface area contributed by atoms with Gasteiger partial charge in [0.05, 0.1) is 0 Å². The summed E-state index contributed by atoms with van der Waals surface area (Å²) in [6.45, 7) is 8.72. The zero-order valence-corrected chi connectivity index (χ0v) is 27.0. The maximum atomic E-state index is 12.1. The smallest absolute Gasteiger partial charge is 0.338 e. The van der Waals surface area contributed by atoms with Gasteiger partial charge in [-0.2, -0.15) is 0 Å². The van der Waals surface area contributed by atoms with Crippen molar-refractivity contribution in [2.75, 3.05) is 9.80 Å². The molecule has 0 fully saturated rings. The Balaban J connectivity index is 1.30. The molecule has 0 heterocycles. The quantitative estimate of drug-likeness (QED) is 0.0796. The summed E-state index contributed by atoms with van der Waals surface area (Å²) in [4.78, 5) is 28.1. The number of anilines is 6. The van der Waals surface area contributed by atoms with E-state index >= 15 is 0 Å². The van der Waals surface area contributed by atoms with E-state index in [4.69, 9.17) is 9.47 Å². The summed E-state index contributed by atoms with van der Waals surface area (Å²) in [6, 6.07) is 51.9. The van der Waals surface area contributed by atoms with Crippen LogP contribution in [0.3, 0.4) is 0 Å². The molecule has 0 aromatic heterocycles. The summed E-state index contributed by atoms with van der Waals surface area (Å²) in [5.74, 6) is -0.181.